The summed E-state index contributed by atoms with van der Waals surface area (Å²) in [5.41, 5.74) is 0. The number of carbonyl (C=O) groups is 1. The van der Waals surface area contributed by atoms with Crippen LogP contribution in [0.2, 0.25) is 0 Å². The van der Waals surface area contributed by atoms with Gasteiger partial charge in [0.15, 0.2) is 10.6 Å². The van der Waals surface area contributed by atoms with Crippen molar-refractivity contribution in [1.29, 1.82) is 0 Å². The maximum absolute atomic E-state index is 12.0. The number of thiophene rings is 2. The number of carbonyl (C=O) groups excluding carboxylic acids is 1. The SMILES string of the molecule is CCOC(=O)c1sc2c(sc3ccc4ccccc4c32)c1O. The minimum atomic E-state index is -0.457. The van der Waals surface area contributed by atoms with E-state index < -0.39 is 5.97 Å². The fourth-order valence-corrected chi connectivity index (χ4v) is 5.18. The number of ether oxygens (including phenoxy) is 1. The molecule has 1 N–H and O–H groups in total. The van der Waals surface area contributed by atoms with Crippen molar-refractivity contribution in [3.8, 4) is 5.75 Å². The van der Waals surface area contributed by atoms with E-state index in [1.54, 1.807) is 6.92 Å². The van der Waals surface area contributed by atoms with Gasteiger partial charge >= 0.3 is 5.97 Å². The molecule has 0 saturated carbocycles. The Morgan fingerprint density at radius 2 is 1.95 bits per heavy atom. The van der Waals surface area contributed by atoms with Gasteiger partial charge in [-0.1, -0.05) is 30.3 Å². The van der Waals surface area contributed by atoms with E-state index in [2.05, 4.69) is 24.3 Å². The van der Waals surface area contributed by atoms with Crippen LogP contribution in [0.25, 0.3) is 30.3 Å². The summed E-state index contributed by atoms with van der Waals surface area (Å²) in [4.78, 5) is 12.3. The summed E-state index contributed by atoms with van der Waals surface area (Å²) in [6, 6.07) is 12.3. The number of rotatable bonds is 2. The minimum Gasteiger partial charge on any atom is -0.505 e. The number of aromatic hydroxyl groups is 1. The van der Waals surface area contributed by atoms with E-state index in [1.807, 2.05) is 12.1 Å². The number of fused-ring (bicyclic) bond motifs is 5. The molecule has 0 unspecified atom stereocenters. The van der Waals surface area contributed by atoms with Crippen LogP contribution in [-0.2, 0) is 4.74 Å². The zero-order chi connectivity index (χ0) is 15.3. The molecule has 0 radical (unpaired) electrons. The molecule has 2 heterocycles. The third kappa shape index (κ3) is 1.82. The van der Waals surface area contributed by atoms with E-state index in [9.17, 15) is 9.90 Å². The van der Waals surface area contributed by atoms with Crippen LogP contribution >= 0.6 is 22.7 Å². The lowest BCUT2D eigenvalue weighted by molar-refractivity contribution is 0.0529. The van der Waals surface area contributed by atoms with E-state index in [0.29, 0.717) is 6.61 Å². The molecule has 0 spiro atoms. The summed E-state index contributed by atoms with van der Waals surface area (Å²) in [5, 5.41) is 13.8. The molecule has 0 aliphatic carbocycles. The molecule has 4 aromatic rings. The van der Waals surface area contributed by atoms with Gasteiger partial charge in [-0.05, 0) is 23.8 Å². The zero-order valence-corrected chi connectivity index (χ0v) is 13.4. The van der Waals surface area contributed by atoms with E-state index >= 15 is 0 Å². The molecule has 4 rings (SSSR count). The molecular formula is C17H12O3S2. The van der Waals surface area contributed by atoms with Gasteiger partial charge in [0.05, 0.1) is 16.0 Å². The van der Waals surface area contributed by atoms with Gasteiger partial charge in [-0.2, -0.15) is 0 Å². The second kappa shape index (κ2) is 4.97. The van der Waals surface area contributed by atoms with E-state index in [0.717, 1.165) is 30.3 Å². The van der Waals surface area contributed by atoms with Crippen LogP contribution < -0.4 is 0 Å². The van der Waals surface area contributed by atoms with E-state index in [1.165, 1.54) is 22.7 Å². The summed E-state index contributed by atoms with van der Waals surface area (Å²) in [7, 11) is 0. The maximum Gasteiger partial charge on any atom is 0.352 e. The molecule has 0 bridgehead atoms. The van der Waals surface area contributed by atoms with Crippen molar-refractivity contribution in [3.05, 3.63) is 41.3 Å². The number of hydrogen-bond acceptors (Lipinski definition) is 5. The molecule has 22 heavy (non-hydrogen) atoms. The van der Waals surface area contributed by atoms with E-state index in [4.69, 9.17) is 4.74 Å². The molecule has 5 heteroatoms. The van der Waals surface area contributed by atoms with Gasteiger partial charge in [-0.3, -0.25) is 0 Å². The number of esters is 1. The molecule has 0 fully saturated rings. The van der Waals surface area contributed by atoms with Crippen molar-refractivity contribution >= 4 is 58.9 Å². The highest BCUT2D eigenvalue weighted by Crippen LogP contribution is 2.48. The predicted octanol–water partition coefficient (Wildman–Crippen LogP) is 5.15. The normalized spacial score (nSPS) is 11.5. The van der Waals surface area contributed by atoms with Crippen LogP contribution in [0.1, 0.15) is 16.6 Å². The van der Waals surface area contributed by atoms with Crippen LogP contribution in [-0.4, -0.2) is 17.7 Å². The fraction of sp³-hybridized carbons (Fsp3) is 0.118. The minimum absolute atomic E-state index is 0.0451. The molecule has 0 saturated heterocycles. The molecule has 3 nitrogen and oxygen atoms in total. The number of hydrogen-bond donors (Lipinski definition) is 1. The van der Waals surface area contributed by atoms with Crippen molar-refractivity contribution in [3.63, 3.8) is 0 Å². The summed E-state index contributed by atoms with van der Waals surface area (Å²) in [6.45, 7) is 2.06. The standard InChI is InChI=1S/C17H12O3S2/c1-2-20-17(19)16-13(18)15-14(22-16)12-10-6-4-3-5-9(10)7-8-11(12)21-15/h3-8,18H,2H2,1H3. The maximum atomic E-state index is 12.0. The average molecular weight is 328 g/mol. The summed E-state index contributed by atoms with van der Waals surface area (Å²) in [6.07, 6.45) is 0. The fourth-order valence-electron chi connectivity index (χ4n) is 2.68. The highest BCUT2D eigenvalue weighted by molar-refractivity contribution is 7.34. The molecule has 2 aromatic heterocycles. The van der Waals surface area contributed by atoms with Crippen LogP contribution in [0, 0.1) is 0 Å². The van der Waals surface area contributed by atoms with Gasteiger partial charge < -0.3 is 9.84 Å². The molecule has 0 aliphatic heterocycles. The lowest BCUT2D eigenvalue weighted by Gasteiger charge is -2.00. The Morgan fingerprint density at radius 3 is 2.77 bits per heavy atom. The highest BCUT2D eigenvalue weighted by Gasteiger charge is 2.23. The van der Waals surface area contributed by atoms with Gasteiger partial charge in [0.25, 0.3) is 0 Å². The monoisotopic (exact) mass is 328 g/mol. The summed E-state index contributed by atoms with van der Waals surface area (Å²) >= 11 is 2.82. The Labute approximate surface area is 134 Å². The topological polar surface area (TPSA) is 46.5 Å². The van der Waals surface area contributed by atoms with E-state index in [-0.39, 0.29) is 10.6 Å². The van der Waals surface area contributed by atoms with Crippen molar-refractivity contribution < 1.29 is 14.6 Å². The third-order valence-corrected chi connectivity index (χ3v) is 6.10. The van der Waals surface area contributed by atoms with Crippen molar-refractivity contribution in [2.45, 2.75) is 6.92 Å². The highest BCUT2D eigenvalue weighted by atomic mass is 32.1. The average Bonchev–Trinajstić information content (AvgIpc) is 3.05. The van der Waals surface area contributed by atoms with Crippen LogP contribution in [0.5, 0.6) is 5.75 Å². The zero-order valence-electron chi connectivity index (χ0n) is 11.8. The van der Waals surface area contributed by atoms with Crippen LogP contribution in [0.3, 0.4) is 0 Å². The van der Waals surface area contributed by atoms with Gasteiger partial charge in [0, 0.05) is 10.1 Å². The van der Waals surface area contributed by atoms with Gasteiger partial charge in [0.2, 0.25) is 0 Å². The summed E-state index contributed by atoms with van der Waals surface area (Å²) < 4.78 is 7.86. The Balaban J connectivity index is 2.09. The third-order valence-electron chi connectivity index (χ3n) is 3.63. The van der Waals surface area contributed by atoms with Crippen LogP contribution in [0.15, 0.2) is 36.4 Å². The Bertz CT molecular complexity index is 1030. The van der Waals surface area contributed by atoms with Crippen LogP contribution in [0.4, 0.5) is 0 Å². The van der Waals surface area contributed by atoms with Crippen molar-refractivity contribution in [1.82, 2.24) is 0 Å². The predicted molar refractivity (Wildman–Crippen MR) is 92.3 cm³/mol. The Kier molecular flexibility index (Phi) is 3.06. The molecule has 0 amide bonds. The van der Waals surface area contributed by atoms with Gasteiger partial charge in [-0.15, -0.1) is 22.7 Å². The van der Waals surface area contributed by atoms with Crippen molar-refractivity contribution in [2.24, 2.45) is 0 Å². The Hall–Kier alpha value is -2.11. The first-order valence-corrected chi connectivity index (χ1v) is 8.57. The van der Waals surface area contributed by atoms with Gasteiger partial charge in [-0.25, -0.2) is 4.79 Å². The molecule has 0 atom stereocenters. The largest absolute Gasteiger partial charge is 0.505 e. The molecule has 2 aromatic carbocycles. The molecule has 0 aliphatic rings. The molecule has 110 valence electrons. The van der Waals surface area contributed by atoms with Gasteiger partial charge in [0.1, 0.15) is 0 Å². The first-order valence-electron chi connectivity index (χ1n) is 6.93. The lowest BCUT2D eigenvalue weighted by atomic mass is 10.1. The molecular weight excluding hydrogens is 316 g/mol. The number of benzene rings is 2. The second-order valence-corrected chi connectivity index (χ2v) is 6.99. The second-order valence-electron chi connectivity index (χ2n) is 4.92. The summed E-state index contributed by atoms with van der Waals surface area (Å²) in [5.74, 6) is -0.412. The first-order chi connectivity index (χ1) is 10.7. The lowest BCUT2D eigenvalue weighted by Crippen LogP contribution is -2.01. The van der Waals surface area contributed by atoms with Crippen molar-refractivity contribution in [2.75, 3.05) is 6.61 Å². The Morgan fingerprint density at radius 1 is 1.14 bits per heavy atom. The first kappa shape index (κ1) is 13.5. The quantitative estimate of drug-likeness (QED) is 0.518. The smallest absolute Gasteiger partial charge is 0.352 e.